The summed E-state index contributed by atoms with van der Waals surface area (Å²) in [5.41, 5.74) is 0.719. The number of aromatic amines is 1. The lowest BCUT2D eigenvalue weighted by molar-refractivity contribution is 0.0740. The number of carbonyl (C=O) groups is 1. The van der Waals surface area contributed by atoms with Crippen LogP contribution < -0.4 is 0 Å². The van der Waals surface area contributed by atoms with Crippen molar-refractivity contribution in [2.24, 2.45) is 0 Å². The third-order valence-corrected chi connectivity index (χ3v) is 3.60. The molecule has 0 aliphatic carbocycles. The molecule has 1 aromatic rings. The predicted octanol–water partition coefficient (Wildman–Crippen LogP) is 1.22. The summed E-state index contributed by atoms with van der Waals surface area (Å²) in [6.45, 7) is 5.78. The number of aromatic nitrogens is 1. The van der Waals surface area contributed by atoms with Crippen LogP contribution in [0.15, 0.2) is 18.3 Å². The van der Waals surface area contributed by atoms with Gasteiger partial charge in [-0.25, -0.2) is 0 Å². The molecule has 1 aliphatic heterocycles. The topological polar surface area (TPSA) is 39.3 Å². The first kappa shape index (κ1) is 12.3. The van der Waals surface area contributed by atoms with Gasteiger partial charge in [-0.15, -0.1) is 0 Å². The summed E-state index contributed by atoms with van der Waals surface area (Å²) >= 11 is 0. The summed E-state index contributed by atoms with van der Waals surface area (Å²) in [5.74, 6) is 0.189. The number of nitrogens with zero attached hydrogens (tertiary/aromatic N) is 2. The molecule has 0 spiro atoms. The van der Waals surface area contributed by atoms with Gasteiger partial charge in [-0.1, -0.05) is 6.92 Å². The molecule has 1 aliphatic rings. The molecule has 1 unspecified atom stereocenters. The molecule has 1 N–H and O–H groups in total. The Kier molecular flexibility index (Phi) is 3.97. The lowest BCUT2D eigenvalue weighted by Gasteiger charge is -2.38. The van der Waals surface area contributed by atoms with E-state index in [2.05, 4.69) is 28.8 Å². The van der Waals surface area contributed by atoms with Gasteiger partial charge in [-0.3, -0.25) is 9.69 Å². The molecule has 0 saturated carbocycles. The second kappa shape index (κ2) is 5.47. The Morgan fingerprint density at radius 2 is 2.35 bits per heavy atom. The zero-order valence-electron chi connectivity index (χ0n) is 10.6. The maximum absolute atomic E-state index is 12.0. The largest absolute Gasteiger partial charge is 0.359 e. The highest BCUT2D eigenvalue weighted by atomic mass is 16.1. The average molecular weight is 235 g/mol. The fourth-order valence-corrected chi connectivity index (χ4v) is 2.39. The van der Waals surface area contributed by atoms with Crippen LogP contribution in [0.3, 0.4) is 0 Å². The minimum absolute atomic E-state index is 0.189. The molecule has 1 saturated heterocycles. The van der Waals surface area contributed by atoms with Gasteiger partial charge in [0, 0.05) is 31.9 Å². The summed E-state index contributed by atoms with van der Waals surface area (Å²) in [6.07, 6.45) is 2.94. The number of hydrogen-bond acceptors (Lipinski definition) is 3. The molecular weight excluding hydrogens is 214 g/mol. The van der Waals surface area contributed by atoms with E-state index in [1.54, 1.807) is 6.20 Å². The summed E-state index contributed by atoms with van der Waals surface area (Å²) in [7, 11) is 2.16. The summed E-state index contributed by atoms with van der Waals surface area (Å²) in [6, 6.07) is 4.29. The van der Waals surface area contributed by atoms with E-state index in [1.807, 2.05) is 12.1 Å². The molecule has 1 fully saturated rings. The first-order valence-electron chi connectivity index (χ1n) is 6.30. The molecule has 4 heteroatoms. The molecule has 17 heavy (non-hydrogen) atoms. The van der Waals surface area contributed by atoms with Gasteiger partial charge in [0.15, 0.2) is 5.78 Å². The second-order valence-corrected chi connectivity index (χ2v) is 4.78. The second-order valence-electron chi connectivity index (χ2n) is 4.78. The molecule has 0 aromatic carbocycles. The maximum Gasteiger partial charge on any atom is 0.192 e. The smallest absolute Gasteiger partial charge is 0.192 e. The summed E-state index contributed by atoms with van der Waals surface area (Å²) in [5, 5.41) is 0. The highest BCUT2D eigenvalue weighted by Crippen LogP contribution is 2.11. The monoisotopic (exact) mass is 235 g/mol. The Balaban J connectivity index is 1.89. The van der Waals surface area contributed by atoms with Gasteiger partial charge in [-0.2, -0.15) is 0 Å². The SMILES string of the molecule is CCC1CN(CC(=O)c2ccc[nH]2)CCN1C. The van der Waals surface area contributed by atoms with Crippen molar-refractivity contribution in [1.29, 1.82) is 0 Å². The van der Waals surface area contributed by atoms with Crippen molar-refractivity contribution in [1.82, 2.24) is 14.8 Å². The third kappa shape index (κ3) is 2.96. The molecule has 0 amide bonds. The van der Waals surface area contributed by atoms with Crippen molar-refractivity contribution in [3.8, 4) is 0 Å². The van der Waals surface area contributed by atoms with Gasteiger partial charge in [0.25, 0.3) is 0 Å². The Morgan fingerprint density at radius 1 is 1.53 bits per heavy atom. The van der Waals surface area contributed by atoms with Gasteiger partial charge < -0.3 is 9.88 Å². The van der Waals surface area contributed by atoms with E-state index in [4.69, 9.17) is 0 Å². The first-order valence-corrected chi connectivity index (χ1v) is 6.30. The molecular formula is C13H21N3O. The van der Waals surface area contributed by atoms with Crippen LogP contribution >= 0.6 is 0 Å². The lowest BCUT2D eigenvalue weighted by atomic mass is 10.1. The molecule has 4 nitrogen and oxygen atoms in total. The van der Waals surface area contributed by atoms with E-state index in [0.717, 1.165) is 31.7 Å². The van der Waals surface area contributed by atoms with E-state index >= 15 is 0 Å². The van der Waals surface area contributed by atoms with Gasteiger partial charge in [0.05, 0.1) is 12.2 Å². The quantitative estimate of drug-likeness (QED) is 0.798. The van der Waals surface area contributed by atoms with Crippen molar-refractivity contribution in [2.45, 2.75) is 19.4 Å². The fourth-order valence-electron chi connectivity index (χ4n) is 2.39. The van der Waals surface area contributed by atoms with Crippen LogP contribution in [0.1, 0.15) is 23.8 Å². The summed E-state index contributed by atoms with van der Waals surface area (Å²) in [4.78, 5) is 19.6. The van der Waals surface area contributed by atoms with Gasteiger partial charge in [-0.05, 0) is 25.6 Å². The highest BCUT2D eigenvalue weighted by Gasteiger charge is 2.24. The molecule has 94 valence electrons. The molecule has 1 aromatic heterocycles. The normalized spacial score (nSPS) is 22.8. The molecule has 2 rings (SSSR count). The zero-order chi connectivity index (χ0) is 12.3. The van der Waals surface area contributed by atoms with Crippen LogP contribution in [0, 0.1) is 0 Å². The number of carbonyl (C=O) groups excluding carboxylic acids is 1. The fraction of sp³-hybridized carbons (Fsp3) is 0.615. The van der Waals surface area contributed by atoms with Crippen LogP contribution in [0.25, 0.3) is 0 Å². The van der Waals surface area contributed by atoms with Crippen molar-refractivity contribution < 1.29 is 4.79 Å². The van der Waals surface area contributed by atoms with E-state index < -0.39 is 0 Å². The van der Waals surface area contributed by atoms with Crippen LogP contribution in [-0.2, 0) is 0 Å². The number of piperazine rings is 1. The standard InChI is InChI=1S/C13H21N3O/c1-3-11-9-16(8-7-15(11)2)10-13(17)12-5-4-6-14-12/h4-6,11,14H,3,7-10H2,1-2H3. The van der Waals surface area contributed by atoms with Crippen LogP contribution in [0.4, 0.5) is 0 Å². The molecule has 1 atom stereocenters. The van der Waals surface area contributed by atoms with Crippen molar-refractivity contribution in [2.75, 3.05) is 33.2 Å². The maximum atomic E-state index is 12.0. The molecule has 2 heterocycles. The van der Waals surface area contributed by atoms with Crippen molar-refractivity contribution in [3.63, 3.8) is 0 Å². The minimum atomic E-state index is 0.189. The van der Waals surface area contributed by atoms with E-state index in [1.165, 1.54) is 0 Å². The zero-order valence-corrected chi connectivity index (χ0v) is 10.6. The van der Waals surface area contributed by atoms with Crippen LogP contribution in [0.5, 0.6) is 0 Å². The van der Waals surface area contributed by atoms with E-state index in [9.17, 15) is 4.79 Å². The van der Waals surface area contributed by atoms with Crippen LogP contribution in [0.2, 0.25) is 0 Å². The van der Waals surface area contributed by atoms with Crippen molar-refractivity contribution in [3.05, 3.63) is 24.0 Å². The number of nitrogens with one attached hydrogen (secondary N) is 1. The lowest BCUT2D eigenvalue weighted by Crippen LogP contribution is -2.52. The van der Waals surface area contributed by atoms with Gasteiger partial charge >= 0.3 is 0 Å². The Labute approximate surface area is 103 Å². The number of hydrogen-bond donors (Lipinski definition) is 1. The van der Waals surface area contributed by atoms with E-state index in [-0.39, 0.29) is 5.78 Å². The van der Waals surface area contributed by atoms with Gasteiger partial charge in [0.1, 0.15) is 0 Å². The number of ketones is 1. The average Bonchev–Trinajstić information content (AvgIpc) is 2.85. The predicted molar refractivity (Wildman–Crippen MR) is 68.3 cm³/mol. The Morgan fingerprint density at radius 3 is 3.00 bits per heavy atom. The van der Waals surface area contributed by atoms with Crippen molar-refractivity contribution >= 4 is 5.78 Å². The number of Topliss-reactive ketones (excluding diaryl/α,β-unsaturated/α-hetero) is 1. The third-order valence-electron chi connectivity index (χ3n) is 3.60. The molecule has 0 bridgehead atoms. The minimum Gasteiger partial charge on any atom is -0.359 e. The van der Waals surface area contributed by atoms with Gasteiger partial charge in [0.2, 0.25) is 0 Å². The highest BCUT2D eigenvalue weighted by molar-refractivity contribution is 5.95. The van der Waals surface area contributed by atoms with E-state index in [0.29, 0.717) is 12.6 Å². The first-order chi connectivity index (χ1) is 8.20. The summed E-state index contributed by atoms with van der Waals surface area (Å²) < 4.78 is 0. The Bertz CT molecular complexity index is 361. The molecule has 0 radical (unpaired) electrons. The number of rotatable bonds is 4. The van der Waals surface area contributed by atoms with Crippen LogP contribution in [-0.4, -0.2) is 59.8 Å². The number of H-pyrrole nitrogens is 1. The Hall–Kier alpha value is -1.13. The number of likely N-dealkylation sites (N-methyl/N-ethyl adjacent to an activating group) is 1.